The Morgan fingerprint density at radius 2 is 1.66 bits per heavy atom. The van der Waals surface area contributed by atoms with Crippen molar-refractivity contribution in [2.24, 2.45) is 5.92 Å². The van der Waals surface area contributed by atoms with Gasteiger partial charge in [-0.1, -0.05) is 51.5 Å². The molecular weight excluding hydrogens is 375 g/mol. The van der Waals surface area contributed by atoms with Crippen LogP contribution in [0.1, 0.15) is 70.4 Å². The summed E-state index contributed by atoms with van der Waals surface area (Å²) in [5, 5.41) is 14.6. The fourth-order valence-corrected chi connectivity index (χ4v) is 4.11. The van der Waals surface area contributed by atoms with E-state index < -0.39 is 17.9 Å². The van der Waals surface area contributed by atoms with Crippen LogP contribution in [0.4, 0.5) is 0 Å². The summed E-state index contributed by atoms with van der Waals surface area (Å²) in [7, 11) is 0. The van der Waals surface area contributed by atoms with Crippen molar-refractivity contribution < 1.29 is 44.3 Å². The Morgan fingerprint density at radius 1 is 1.07 bits per heavy atom. The number of hydrogen-bond acceptors (Lipinski definition) is 4. The van der Waals surface area contributed by atoms with Gasteiger partial charge < -0.3 is 15.2 Å². The Labute approximate surface area is 197 Å². The zero-order chi connectivity index (χ0) is 20.7. The average molecular weight is 411 g/mol. The molecule has 156 valence electrons. The van der Waals surface area contributed by atoms with E-state index in [9.17, 15) is 14.7 Å². The van der Waals surface area contributed by atoms with E-state index >= 15 is 0 Å². The van der Waals surface area contributed by atoms with E-state index in [4.69, 9.17) is 0 Å². The summed E-state index contributed by atoms with van der Waals surface area (Å²) in [4.78, 5) is 26.8. The third-order valence-electron chi connectivity index (χ3n) is 5.73. The van der Waals surface area contributed by atoms with E-state index in [2.05, 4.69) is 36.2 Å². The van der Waals surface area contributed by atoms with Gasteiger partial charge in [-0.05, 0) is 62.7 Å². The molecule has 0 aliphatic carbocycles. The normalized spacial score (nSPS) is 17.8. The van der Waals surface area contributed by atoms with Crippen LogP contribution in [0.25, 0.3) is 0 Å². The maximum Gasteiger partial charge on any atom is 1.00 e. The van der Waals surface area contributed by atoms with E-state index in [-0.39, 0.29) is 41.5 Å². The van der Waals surface area contributed by atoms with Crippen LogP contribution in [0, 0.1) is 5.92 Å². The molecule has 0 spiro atoms. The van der Waals surface area contributed by atoms with Gasteiger partial charge in [-0.25, -0.2) is 0 Å². The number of carbonyl (C=O) groups is 2. The maximum absolute atomic E-state index is 12.8. The van der Waals surface area contributed by atoms with Gasteiger partial charge in [0.15, 0.2) is 0 Å². The van der Waals surface area contributed by atoms with Gasteiger partial charge in [-0.15, -0.1) is 0 Å². The number of nitrogens with one attached hydrogen (secondary N) is 1. The first kappa shape index (κ1) is 26.2. The number of carboxylic acid groups (broad SMARTS) is 1. The topological polar surface area (TPSA) is 72.5 Å². The minimum atomic E-state index is -1.20. The zero-order valence-corrected chi connectivity index (χ0v) is 20.7. The number of nitrogens with zero attached hydrogens (tertiary/aromatic N) is 1. The van der Waals surface area contributed by atoms with E-state index in [0.717, 1.165) is 37.9 Å². The predicted octanol–water partition coefficient (Wildman–Crippen LogP) is -0.508. The fraction of sp³-hybridized carbons (Fsp3) is 0.652. The minimum Gasteiger partial charge on any atom is -0.548 e. The molecule has 1 N–H and O–H groups in total. The molecule has 1 heterocycles. The predicted molar refractivity (Wildman–Crippen MR) is 110 cm³/mol. The number of piperidine rings is 1. The SMILES string of the molecule is CCC(C(NC(=O)C(C)c1ccc(CC(C)C)cc1)C(=O)[O-])N1CCCCC1.[Na+]. The molecule has 5 nitrogen and oxygen atoms in total. The second-order valence-corrected chi connectivity index (χ2v) is 8.44. The summed E-state index contributed by atoms with van der Waals surface area (Å²) in [5.74, 6) is -1.29. The number of likely N-dealkylation sites (tertiary alicyclic amines) is 1. The molecule has 1 aliphatic rings. The molecule has 0 aromatic heterocycles. The van der Waals surface area contributed by atoms with Crippen LogP contribution < -0.4 is 40.0 Å². The van der Waals surface area contributed by atoms with Gasteiger partial charge in [0.2, 0.25) is 5.91 Å². The van der Waals surface area contributed by atoms with Crippen LogP contribution in [-0.4, -0.2) is 41.9 Å². The number of rotatable bonds is 9. The largest absolute Gasteiger partial charge is 1.00 e. The molecule has 1 aromatic rings. The van der Waals surface area contributed by atoms with Crippen LogP contribution >= 0.6 is 0 Å². The van der Waals surface area contributed by atoms with E-state index in [1.165, 1.54) is 12.0 Å². The van der Waals surface area contributed by atoms with Gasteiger partial charge in [0.25, 0.3) is 0 Å². The van der Waals surface area contributed by atoms with Gasteiger partial charge in [0.05, 0.1) is 17.9 Å². The van der Waals surface area contributed by atoms with Crippen molar-refractivity contribution in [3.05, 3.63) is 35.4 Å². The van der Waals surface area contributed by atoms with E-state index in [1.54, 1.807) is 0 Å². The van der Waals surface area contributed by atoms with Gasteiger partial charge in [0.1, 0.15) is 0 Å². The van der Waals surface area contributed by atoms with Gasteiger partial charge in [0, 0.05) is 6.04 Å². The molecule has 1 aromatic carbocycles. The first-order valence-corrected chi connectivity index (χ1v) is 10.7. The Hall–Kier alpha value is -0.880. The van der Waals surface area contributed by atoms with Crippen LogP contribution in [0.15, 0.2) is 24.3 Å². The number of carbonyl (C=O) groups excluding carboxylic acids is 2. The summed E-state index contributed by atoms with van der Waals surface area (Å²) in [6, 6.07) is 6.83. The number of hydrogen-bond donors (Lipinski definition) is 1. The summed E-state index contributed by atoms with van der Waals surface area (Å²) in [6.45, 7) is 9.91. The summed E-state index contributed by atoms with van der Waals surface area (Å²) < 4.78 is 0. The Kier molecular flexibility index (Phi) is 11.5. The molecule has 0 saturated carbocycles. The summed E-state index contributed by atoms with van der Waals surface area (Å²) in [6.07, 6.45) is 4.99. The second kappa shape index (κ2) is 12.7. The maximum atomic E-state index is 12.8. The Morgan fingerprint density at radius 3 is 2.14 bits per heavy atom. The van der Waals surface area contributed by atoms with Crippen LogP contribution in [-0.2, 0) is 16.0 Å². The molecule has 3 atom stereocenters. The third kappa shape index (κ3) is 7.71. The number of benzene rings is 1. The molecule has 0 bridgehead atoms. The number of aliphatic carboxylic acids is 1. The molecule has 1 fully saturated rings. The van der Waals surface area contributed by atoms with Crippen molar-refractivity contribution in [1.82, 2.24) is 10.2 Å². The smallest absolute Gasteiger partial charge is 0.548 e. The Balaban J connectivity index is 0.00000420. The molecule has 3 unspecified atom stereocenters. The van der Waals surface area contributed by atoms with E-state index in [0.29, 0.717) is 12.3 Å². The van der Waals surface area contributed by atoms with Crippen molar-refractivity contribution in [2.45, 2.75) is 77.8 Å². The molecule has 29 heavy (non-hydrogen) atoms. The molecule has 1 aliphatic heterocycles. The van der Waals surface area contributed by atoms with Crippen molar-refractivity contribution in [3.8, 4) is 0 Å². The zero-order valence-electron chi connectivity index (χ0n) is 18.7. The average Bonchev–Trinajstić information content (AvgIpc) is 2.68. The summed E-state index contributed by atoms with van der Waals surface area (Å²) in [5.41, 5.74) is 2.14. The minimum absolute atomic E-state index is 0. The molecule has 1 amide bonds. The summed E-state index contributed by atoms with van der Waals surface area (Å²) >= 11 is 0. The monoisotopic (exact) mass is 410 g/mol. The molecular formula is C23H35N2NaO3. The van der Waals surface area contributed by atoms with Gasteiger partial charge in [-0.2, -0.15) is 0 Å². The van der Waals surface area contributed by atoms with Crippen LogP contribution in [0.5, 0.6) is 0 Å². The van der Waals surface area contributed by atoms with Crippen molar-refractivity contribution in [3.63, 3.8) is 0 Å². The van der Waals surface area contributed by atoms with Gasteiger partial charge in [-0.3, -0.25) is 9.69 Å². The van der Waals surface area contributed by atoms with E-state index in [1.807, 2.05) is 26.0 Å². The number of amides is 1. The van der Waals surface area contributed by atoms with Crippen LogP contribution in [0.3, 0.4) is 0 Å². The van der Waals surface area contributed by atoms with Crippen molar-refractivity contribution in [1.29, 1.82) is 0 Å². The molecule has 6 heteroatoms. The standard InChI is InChI=1S/C23H36N2O3.Na/c1-5-20(25-13-7-6-8-14-25)21(23(27)28)24-22(26)17(4)19-11-9-18(10-12-19)15-16(2)3;/h9-12,16-17,20-21H,5-8,13-15H2,1-4H3,(H,24,26)(H,27,28);/q;+1/p-1. The quantitative estimate of drug-likeness (QED) is 0.557. The molecule has 0 radical (unpaired) electrons. The van der Waals surface area contributed by atoms with Crippen molar-refractivity contribution >= 4 is 11.9 Å². The fourth-order valence-electron chi connectivity index (χ4n) is 4.11. The van der Waals surface area contributed by atoms with Crippen molar-refractivity contribution in [2.75, 3.05) is 13.1 Å². The number of carboxylic acids is 1. The third-order valence-corrected chi connectivity index (χ3v) is 5.73. The molecule has 2 rings (SSSR count). The molecule has 1 saturated heterocycles. The first-order chi connectivity index (χ1) is 13.3. The van der Waals surface area contributed by atoms with Gasteiger partial charge >= 0.3 is 29.6 Å². The van der Waals surface area contributed by atoms with Crippen LogP contribution in [0.2, 0.25) is 0 Å². The second-order valence-electron chi connectivity index (χ2n) is 8.44. The Bertz CT molecular complexity index is 642. The first-order valence-electron chi connectivity index (χ1n) is 10.7.